The Bertz CT molecular complexity index is 1280. The first-order valence-corrected chi connectivity index (χ1v) is 9.42. The number of aliphatic hydroxyl groups is 2. The molecule has 0 fully saturated rings. The number of fused-ring (bicyclic) bond motifs is 2. The van der Waals surface area contributed by atoms with E-state index in [1.54, 1.807) is 21.8 Å². The first kappa shape index (κ1) is 19.6. The second kappa shape index (κ2) is 8.76. The van der Waals surface area contributed by atoms with Gasteiger partial charge in [-0.1, -0.05) is 17.3 Å². The van der Waals surface area contributed by atoms with Crippen LogP contribution in [0.25, 0.3) is 33.3 Å². The monoisotopic (exact) mass is 403 g/mol. The van der Waals surface area contributed by atoms with Crippen molar-refractivity contribution in [3.63, 3.8) is 0 Å². The molecular weight excluding hydrogens is 382 g/mol. The van der Waals surface area contributed by atoms with Gasteiger partial charge in [-0.2, -0.15) is 5.10 Å². The lowest BCUT2D eigenvalue weighted by atomic mass is 10.1. The van der Waals surface area contributed by atoms with Gasteiger partial charge in [0.15, 0.2) is 5.65 Å². The van der Waals surface area contributed by atoms with Crippen LogP contribution < -0.4 is 0 Å². The Morgan fingerprint density at radius 1 is 1.03 bits per heavy atom. The molecule has 0 amide bonds. The first-order chi connectivity index (χ1) is 14.8. The molecule has 9 nitrogen and oxygen atoms in total. The number of pyridine rings is 2. The Morgan fingerprint density at radius 2 is 1.90 bits per heavy atom. The van der Waals surface area contributed by atoms with Gasteiger partial charge in [0.05, 0.1) is 37.1 Å². The molecule has 0 saturated heterocycles. The second-order valence-electron chi connectivity index (χ2n) is 6.53. The maximum Gasteiger partial charge on any atom is 0.179 e. The minimum Gasteiger partial charge on any atom is -0.400 e. The molecule has 0 aliphatic carbocycles. The van der Waals surface area contributed by atoms with Crippen LogP contribution in [0.5, 0.6) is 0 Å². The van der Waals surface area contributed by atoms with Gasteiger partial charge in [0, 0.05) is 30.5 Å². The number of hydrogen-bond acceptors (Lipinski definition) is 7. The summed E-state index contributed by atoms with van der Waals surface area (Å²) in [6, 6.07) is 14.0. The molecule has 0 aliphatic rings. The van der Waals surface area contributed by atoms with Gasteiger partial charge in [0.2, 0.25) is 0 Å². The molecule has 0 atom stereocenters. The standard InChI is InChI=1S/C20H17N7O.CH4O/c28-9-8-26-13-16(11-22-26)18-5-6-19-20(23-18)27(25-24-19)12-14-3-4-17-15(10-14)2-1-7-21-17;1-2/h1-7,10-11,13,28H,8-9,12H2;2H,1H3. The molecule has 4 heterocycles. The van der Waals surface area contributed by atoms with Crippen molar-refractivity contribution in [2.45, 2.75) is 13.1 Å². The summed E-state index contributed by atoms with van der Waals surface area (Å²) in [5.74, 6) is 0. The number of rotatable bonds is 5. The fraction of sp³-hybridized carbons (Fsp3) is 0.190. The second-order valence-corrected chi connectivity index (χ2v) is 6.53. The number of benzene rings is 1. The minimum atomic E-state index is 0.0472. The highest BCUT2D eigenvalue weighted by Crippen LogP contribution is 2.20. The van der Waals surface area contributed by atoms with Crippen LogP contribution >= 0.6 is 0 Å². The van der Waals surface area contributed by atoms with E-state index in [0.717, 1.165) is 46.0 Å². The predicted octanol–water partition coefficient (Wildman–Crippen LogP) is 1.89. The zero-order valence-corrected chi connectivity index (χ0v) is 16.4. The molecule has 5 aromatic rings. The van der Waals surface area contributed by atoms with Crippen LogP contribution in [0, 0.1) is 0 Å². The summed E-state index contributed by atoms with van der Waals surface area (Å²) in [5, 5.41) is 29.9. The lowest BCUT2D eigenvalue weighted by molar-refractivity contribution is 0.269. The summed E-state index contributed by atoms with van der Waals surface area (Å²) in [6.45, 7) is 1.08. The van der Waals surface area contributed by atoms with Gasteiger partial charge in [0.1, 0.15) is 5.52 Å². The van der Waals surface area contributed by atoms with Crippen molar-refractivity contribution in [1.29, 1.82) is 0 Å². The van der Waals surface area contributed by atoms with Crippen LogP contribution in [0.1, 0.15) is 5.56 Å². The zero-order chi connectivity index (χ0) is 20.9. The third-order valence-corrected chi connectivity index (χ3v) is 4.62. The van der Waals surface area contributed by atoms with Crippen molar-refractivity contribution in [2.75, 3.05) is 13.7 Å². The lowest BCUT2D eigenvalue weighted by Crippen LogP contribution is -2.03. The summed E-state index contributed by atoms with van der Waals surface area (Å²) < 4.78 is 3.49. The zero-order valence-electron chi connectivity index (χ0n) is 16.4. The normalized spacial score (nSPS) is 10.9. The fourth-order valence-corrected chi connectivity index (χ4v) is 3.24. The molecule has 0 spiro atoms. The molecule has 152 valence electrons. The molecule has 0 bridgehead atoms. The summed E-state index contributed by atoms with van der Waals surface area (Å²) in [6.07, 6.45) is 5.41. The third-order valence-electron chi connectivity index (χ3n) is 4.62. The quantitative estimate of drug-likeness (QED) is 0.460. The third kappa shape index (κ3) is 3.88. The topological polar surface area (TPSA) is 115 Å². The minimum absolute atomic E-state index is 0.0472. The van der Waals surface area contributed by atoms with Gasteiger partial charge in [-0.05, 0) is 35.9 Å². The van der Waals surface area contributed by atoms with Crippen LogP contribution in [0.4, 0.5) is 0 Å². The van der Waals surface area contributed by atoms with E-state index in [9.17, 15) is 0 Å². The van der Waals surface area contributed by atoms with Crippen molar-refractivity contribution < 1.29 is 10.2 Å². The van der Waals surface area contributed by atoms with E-state index < -0.39 is 0 Å². The predicted molar refractivity (Wildman–Crippen MR) is 113 cm³/mol. The molecule has 1 aromatic carbocycles. The molecule has 0 aliphatic heterocycles. The molecule has 9 heteroatoms. The fourth-order valence-electron chi connectivity index (χ4n) is 3.24. The maximum atomic E-state index is 9.06. The average Bonchev–Trinajstić information content (AvgIpc) is 3.42. The lowest BCUT2D eigenvalue weighted by Gasteiger charge is -2.05. The van der Waals surface area contributed by atoms with Gasteiger partial charge in [-0.25, -0.2) is 9.67 Å². The van der Waals surface area contributed by atoms with Crippen LogP contribution in [0.15, 0.2) is 61.1 Å². The SMILES string of the molecule is CO.OCCn1cc(-c2ccc3nnn(Cc4ccc5ncccc5c4)c3n2)cn1. The van der Waals surface area contributed by atoms with E-state index in [-0.39, 0.29) is 6.61 Å². The molecule has 2 N–H and O–H groups in total. The highest BCUT2D eigenvalue weighted by Gasteiger charge is 2.11. The first-order valence-electron chi connectivity index (χ1n) is 9.42. The summed E-state index contributed by atoms with van der Waals surface area (Å²) in [5.41, 5.74) is 5.22. The van der Waals surface area contributed by atoms with E-state index in [1.165, 1.54) is 0 Å². The van der Waals surface area contributed by atoms with Crippen molar-refractivity contribution in [3.05, 3.63) is 66.6 Å². The van der Waals surface area contributed by atoms with Gasteiger partial charge >= 0.3 is 0 Å². The van der Waals surface area contributed by atoms with Crippen LogP contribution in [0.2, 0.25) is 0 Å². The smallest absolute Gasteiger partial charge is 0.179 e. The van der Waals surface area contributed by atoms with Crippen molar-refractivity contribution in [3.8, 4) is 11.3 Å². The summed E-state index contributed by atoms with van der Waals surface area (Å²) >= 11 is 0. The highest BCUT2D eigenvalue weighted by molar-refractivity contribution is 5.79. The van der Waals surface area contributed by atoms with Crippen molar-refractivity contribution in [2.24, 2.45) is 0 Å². The van der Waals surface area contributed by atoms with Crippen LogP contribution in [-0.2, 0) is 13.1 Å². The van der Waals surface area contributed by atoms with E-state index in [2.05, 4.69) is 26.5 Å². The van der Waals surface area contributed by atoms with E-state index in [1.807, 2.05) is 42.6 Å². The van der Waals surface area contributed by atoms with E-state index in [0.29, 0.717) is 13.1 Å². The largest absolute Gasteiger partial charge is 0.400 e. The molecule has 0 saturated carbocycles. The van der Waals surface area contributed by atoms with Crippen LogP contribution in [-0.4, -0.2) is 58.7 Å². The average molecular weight is 403 g/mol. The molecule has 5 rings (SSSR count). The Hall–Kier alpha value is -3.69. The summed E-state index contributed by atoms with van der Waals surface area (Å²) in [4.78, 5) is 9.11. The molecular formula is C21H21N7O2. The maximum absolute atomic E-state index is 9.06. The van der Waals surface area contributed by atoms with E-state index >= 15 is 0 Å². The summed E-state index contributed by atoms with van der Waals surface area (Å²) in [7, 11) is 1.00. The number of aliphatic hydroxyl groups excluding tert-OH is 2. The van der Waals surface area contributed by atoms with Gasteiger partial charge in [-0.3, -0.25) is 9.67 Å². The Labute approximate surface area is 172 Å². The number of hydrogen-bond donors (Lipinski definition) is 2. The van der Waals surface area contributed by atoms with Gasteiger partial charge in [-0.15, -0.1) is 5.10 Å². The molecule has 0 radical (unpaired) electrons. The van der Waals surface area contributed by atoms with Crippen molar-refractivity contribution in [1.82, 2.24) is 34.7 Å². The molecule has 4 aromatic heterocycles. The highest BCUT2D eigenvalue weighted by atomic mass is 16.3. The number of aromatic nitrogens is 7. The Balaban J connectivity index is 0.00000106. The molecule has 30 heavy (non-hydrogen) atoms. The Morgan fingerprint density at radius 3 is 2.77 bits per heavy atom. The van der Waals surface area contributed by atoms with Crippen molar-refractivity contribution >= 4 is 22.1 Å². The number of nitrogens with zero attached hydrogens (tertiary/aromatic N) is 7. The van der Waals surface area contributed by atoms with Gasteiger partial charge in [0.25, 0.3) is 0 Å². The van der Waals surface area contributed by atoms with Crippen LogP contribution in [0.3, 0.4) is 0 Å². The Kier molecular flexibility index (Phi) is 5.73. The molecule has 0 unspecified atom stereocenters. The van der Waals surface area contributed by atoms with E-state index in [4.69, 9.17) is 15.2 Å². The van der Waals surface area contributed by atoms with Gasteiger partial charge < -0.3 is 10.2 Å².